The van der Waals surface area contributed by atoms with E-state index in [4.69, 9.17) is 0 Å². The third-order valence-corrected chi connectivity index (χ3v) is 3.18. The van der Waals surface area contributed by atoms with Gasteiger partial charge in [-0.25, -0.2) is 23.5 Å². The molecular formula is C16H20F2N6O. The van der Waals surface area contributed by atoms with E-state index < -0.39 is 17.7 Å². The topological polar surface area (TPSA) is 82.2 Å². The number of hydrogen-bond donors (Lipinski definition) is 3. The van der Waals surface area contributed by atoms with Crippen LogP contribution in [0.3, 0.4) is 0 Å². The second kappa shape index (κ2) is 8.22. The van der Waals surface area contributed by atoms with Crippen LogP contribution in [0.25, 0.3) is 0 Å². The lowest BCUT2D eigenvalue weighted by atomic mass is 10.3. The fraction of sp³-hybridized carbons (Fsp3) is 0.312. The number of carbonyl (C=O) groups excluding carboxylic acids is 1. The summed E-state index contributed by atoms with van der Waals surface area (Å²) in [6.45, 7) is 2.50. The molecule has 1 aromatic carbocycles. The molecule has 0 bridgehead atoms. The first-order chi connectivity index (χ1) is 11.8. The van der Waals surface area contributed by atoms with Crippen molar-refractivity contribution in [2.75, 3.05) is 42.7 Å². The number of nitrogens with one attached hydrogen (secondary N) is 3. The number of amides is 2. The molecule has 0 saturated carbocycles. The number of carbonyl (C=O) groups is 1. The largest absolute Gasteiger partial charge is 0.368 e. The normalized spacial score (nSPS) is 10.3. The van der Waals surface area contributed by atoms with Gasteiger partial charge in [0.25, 0.3) is 0 Å². The maximum atomic E-state index is 13.4. The minimum absolute atomic E-state index is 0.0890. The number of hydrogen-bond acceptors (Lipinski definition) is 5. The van der Waals surface area contributed by atoms with Gasteiger partial charge in [-0.3, -0.25) is 0 Å². The monoisotopic (exact) mass is 350 g/mol. The minimum Gasteiger partial charge on any atom is -0.368 e. The van der Waals surface area contributed by atoms with Crippen LogP contribution in [0.2, 0.25) is 0 Å². The Morgan fingerprint density at radius 1 is 1.16 bits per heavy atom. The van der Waals surface area contributed by atoms with E-state index >= 15 is 0 Å². The molecule has 7 nitrogen and oxygen atoms in total. The molecule has 25 heavy (non-hydrogen) atoms. The van der Waals surface area contributed by atoms with Crippen molar-refractivity contribution in [2.24, 2.45) is 0 Å². The summed E-state index contributed by atoms with van der Waals surface area (Å²) >= 11 is 0. The maximum Gasteiger partial charge on any atom is 0.319 e. The van der Waals surface area contributed by atoms with Crippen LogP contribution in [0.4, 0.5) is 30.9 Å². The first-order valence-electron chi connectivity index (χ1n) is 7.62. The van der Waals surface area contributed by atoms with E-state index in [0.29, 0.717) is 24.3 Å². The van der Waals surface area contributed by atoms with Gasteiger partial charge in [0, 0.05) is 39.3 Å². The fourth-order valence-electron chi connectivity index (χ4n) is 2.00. The van der Waals surface area contributed by atoms with E-state index in [1.807, 2.05) is 19.0 Å². The molecule has 2 rings (SSSR count). The van der Waals surface area contributed by atoms with Gasteiger partial charge in [-0.15, -0.1) is 0 Å². The van der Waals surface area contributed by atoms with Gasteiger partial charge in [-0.05, 0) is 19.1 Å². The van der Waals surface area contributed by atoms with Crippen molar-refractivity contribution < 1.29 is 13.6 Å². The van der Waals surface area contributed by atoms with Crippen LogP contribution in [0.15, 0.2) is 24.3 Å². The summed E-state index contributed by atoms with van der Waals surface area (Å²) in [6, 6.07) is 4.15. The van der Waals surface area contributed by atoms with Crippen molar-refractivity contribution in [2.45, 2.75) is 6.92 Å². The molecule has 0 aliphatic rings. The van der Waals surface area contributed by atoms with Crippen LogP contribution < -0.4 is 20.9 Å². The van der Waals surface area contributed by atoms with E-state index in [-0.39, 0.29) is 12.2 Å². The Hall–Kier alpha value is -2.97. The molecule has 0 radical (unpaired) electrons. The number of nitrogens with zero attached hydrogens (tertiary/aromatic N) is 3. The van der Waals surface area contributed by atoms with Gasteiger partial charge in [0.2, 0.25) is 0 Å². The van der Waals surface area contributed by atoms with E-state index in [1.165, 1.54) is 0 Å². The molecule has 0 saturated heterocycles. The minimum atomic E-state index is -0.832. The van der Waals surface area contributed by atoms with Gasteiger partial charge >= 0.3 is 6.03 Å². The first kappa shape index (κ1) is 18.4. The highest BCUT2D eigenvalue weighted by Crippen LogP contribution is 2.15. The zero-order valence-corrected chi connectivity index (χ0v) is 14.2. The third kappa shape index (κ3) is 5.55. The summed E-state index contributed by atoms with van der Waals surface area (Å²) in [5.41, 5.74) is -0.0890. The predicted octanol–water partition coefficient (Wildman–Crippen LogP) is 2.36. The Balaban J connectivity index is 1.80. The van der Waals surface area contributed by atoms with Crippen LogP contribution in [-0.2, 0) is 0 Å². The van der Waals surface area contributed by atoms with Crippen molar-refractivity contribution in [1.82, 2.24) is 15.3 Å². The summed E-state index contributed by atoms with van der Waals surface area (Å²) in [7, 11) is 3.76. The van der Waals surface area contributed by atoms with Crippen LogP contribution in [0.1, 0.15) is 5.82 Å². The number of benzene rings is 1. The molecule has 1 heterocycles. The van der Waals surface area contributed by atoms with Crippen LogP contribution in [0.5, 0.6) is 0 Å². The van der Waals surface area contributed by atoms with Gasteiger partial charge in [-0.1, -0.05) is 0 Å². The highest BCUT2D eigenvalue weighted by atomic mass is 19.1. The molecule has 0 fully saturated rings. The van der Waals surface area contributed by atoms with E-state index in [0.717, 1.165) is 18.0 Å². The lowest BCUT2D eigenvalue weighted by Gasteiger charge is -2.14. The van der Waals surface area contributed by atoms with E-state index in [2.05, 4.69) is 25.9 Å². The Bertz CT molecular complexity index is 753. The van der Waals surface area contributed by atoms with E-state index in [9.17, 15) is 13.6 Å². The molecule has 3 N–H and O–H groups in total. The van der Waals surface area contributed by atoms with Crippen molar-refractivity contribution in [3.8, 4) is 0 Å². The summed E-state index contributed by atoms with van der Waals surface area (Å²) in [6.07, 6.45) is 0. The molecule has 0 spiro atoms. The molecule has 0 aliphatic carbocycles. The Morgan fingerprint density at radius 3 is 2.60 bits per heavy atom. The number of rotatable bonds is 6. The molecule has 134 valence electrons. The van der Waals surface area contributed by atoms with Crippen molar-refractivity contribution in [3.63, 3.8) is 0 Å². The smallest absolute Gasteiger partial charge is 0.319 e. The molecule has 9 heteroatoms. The molecule has 0 aliphatic heterocycles. The van der Waals surface area contributed by atoms with Crippen LogP contribution >= 0.6 is 0 Å². The van der Waals surface area contributed by atoms with Gasteiger partial charge in [0.1, 0.15) is 29.1 Å². The van der Waals surface area contributed by atoms with Gasteiger partial charge in [-0.2, -0.15) is 0 Å². The maximum absolute atomic E-state index is 13.4. The molecule has 0 unspecified atom stereocenters. The van der Waals surface area contributed by atoms with Crippen molar-refractivity contribution in [3.05, 3.63) is 41.7 Å². The summed E-state index contributed by atoms with van der Waals surface area (Å²) in [5.74, 6) is 0.507. The van der Waals surface area contributed by atoms with Gasteiger partial charge in [0.05, 0.1) is 5.69 Å². The number of anilines is 3. The first-order valence-corrected chi connectivity index (χ1v) is 7.62. The zero-order chi connectivity index (χ0) is 18.4. The fourth-order valence-corrected chi connectivity index (χ4v) is 2.00. The number of aryl methyl sites for hydroxylation is 1. The average molecular weight is 350 g/mol. The molecule has 2 amide bonds. The zero-order valence-electron chi connectivity index (χ0n) is 14.2. The van der Waals surface area contributed by atoms with Gasteiger partial charge in [0.15, 0.2) is 0 Å². The van der Waals surface area contributed by atoms with Crippen LogP contribution in [-0.4, -0.2) is 43.2 Å². The summed E-state index contributed by atoms with van der Waals surface area (Å²) < 4.78 is 26.3. The Kier molecular flexibility index (Phi) is 6.04. The van der Waals surface area contributed by atoms with Crippen LogP contribution in [0, 0.1) is 18.6 Å². The SMILES string of the molecule is Cc1nc(NCCNC(=O)Nc2ccc(F)cc2F)cc(N(C)C)n1. The standard InChI is InChI=1S/C16H20F2N6O/c1-10-21-14(9-15(22-10)24(2)3)19-6-7-20-16(25)23-13-5-4-11(17)8-12(13)18/h4-5,8-9H,6-7H2,1-3H3,(H,19,21,22)(H2,20,23,25). The van der Waals surface area contributed by atoms with Crippen molar-refractivity contribution >= 4 is 23.4 Å². The Morgan fingerprint density at radius 2 is 1.92 bits per heavy atom. The number of aromatic nitrogens is 2. The molecular weight excluding hydrogens is 330 g/mol. The highest BCUT2D eigenvalue weighted by Gasteiger charge is 2.07. The molecule has 0 atom stereocenters. The lowest BCUT2D eigenvalue weighted by Crippen LogP contribution is -2.33. The molecule has 2 aromatic rings. The van der Waals surface area contributed by atoms with Gasteiger partial charge < -0.3 is 20.9 Å². The quantitative estimate of drug-likeness (QED) is 0.697. The lowest BCUT2D eigenvalue weighted by molar-refractivity contribution is 0.252. The Labute approximate surface area is 144 Å². The summed E-state index contributed by atoms with van der Waals surface area (Å²) in [5, 5.41) is 7.96. The second-order valence-corrected chi connectivity index (χ2v) is 5.48. The summed E-state index contributed by atoms with van der Waals surface area (Å²) in [4.78, 5) is 22.1. The number of urea groups is 1. The van der Waals surface area contributed by atoms with Crippen molar-refractivity contribution in [1.29, 1.82) is 0 Å². The third-order valence-electron chi connectivity index (χ3n) is 3.18. The molecule has 1 aromatic heterocycles. The second-order valence-electron chi connectivity index (χ2n) is 5.48. The number of halogens is 2. The average Bonchev–Trinajstić information content (AvgIpc) is 2.54. The highest BCUT2D eigenvalue weighted by molar-refractivity contribution is 5.89. The van der Waals surface area contributed by atoms with E-state index in [1.54, 1.807) is 13.0 Å². The predicted molar refractivity (Wildman–Crippen MR) is 93.0 cm³/mol.